The number of carboxylic acids is 1. The van der Waals surface area contributed by atoms with Crippen molar-refractivity contribution in [3.63, 3.8) is 0 Å². The molecule has 1 fully saturated rings. The van der Waals surface area contributed by atoms with Crippen LogP contribution in [0.25, 0.3) is 11.1 Å². The molecule has 1 unspecified atom stereocenters. The molecule has 1 aromatic heterocycles. The number of thioether (sulfide) groups is 1. The first kappa shape index (κ1) is 23.0. The zero-order chi connectivity index (χ0) is 24.4. The Balaban J connectivity index is 1.15. The second-order valence-corrected chi connectivity index (χ2v) is 9.62. The maximum atomic E-state index is 12.7. The summed E-state index contributed by atoms with van der Waals surface area (Å²) in [5, 5.41) is 15.0. The number of nitrogens with zero attached hydrogens (tertiary/aromatic N) is 2. The first-order valence-electron chi connectivity index (χ1n) is 11.2. The summed E-state index contributed by atoms with van der Waals surface area (Å²) in [6.07, 6.45) is -0.603. The van der Waals surface area contributed by atoms with Crippen molar-refractivity contribution in [1.82, 2.24) is 15.4 Å². The summed E-state index contributed by atoms with van der Waals surface area (Å²) in [5.74, 6) is -0.548. The molecule has 0 bridgehead atoms. The second kappa shape index (κ2) is 9.83. The average molecular weight is 494 g/mol. The van der Waals surface area contributed by atoms with E-state index in [1.54, 1.807) is 0 Å². The average Bonchev–Trinajstić information content (AvgIpc) is 3.49. The third-order valence-electron chi connectivity index (χ3n) is 6.16. The molecule has 5 rings (SSSR count). The molecule has 0 saturated carbocycles. The lowest BCUT2D eigenvalue weighted by atomic mass is 9.98. The van der Waals surface area contributed by atoms with E-state index in [-0.39, 0.29) is 31.3 Å². The number of benzene rings is 2. The normalized spacial score (nSPS) is 16.9. The first-order chi connectivity index (χ1) is 17.0. The van der Waals surface area contributed by atoms with Crippen LogP contribution in [0.1, 0.15) is 33.3 Å². The quantitative estimate of drug-likeness (QED) is 0.536. The van der Waals surface area contributed by atoms with Gasteiger partial charge in [0.1, 0.15) is 11.9 Å². The van der Waals surface area contributed by atoms with Gasteiger partial charge < -0.3 is 24.6 Å². The zero-order valence-corrected chi connectivity index (χ0v) is 19.5. The van der Waals surface area contributed by atoms with Crippen LogP contribution in [0.5, 0.6) is 0 Å². The number of aromatic nitrogens is 1. The van der Waals surface area contributed by atoms with E-state index >= 15 is 0 Å². The molecule has 1 aliphatic carbocycles. The molecule has 3 aromatic rings. The number of fused-ring (bicyclic) bond motifs is 3. The molecule has 2 aliphatic rings. The van der Waals surface area contributed by atoms with E-state index in [9.17, 15) is 19.5 Å². The van der Waals surface area contributed by atoms with E-state index in [1.807, 2.05) is 36.4 Å². The number of hydrogen-bond acceptors (Lipinski definition) is 7. The number of hydrogen-bond donors (Lipinski definition) is 2. The highest BCUT2D eigenvalue weighted by molar-refractivity contribution is 8.00. The Morgan fingerprint density at radius 2 is 1.80 bits per heavy atom. The van der Waals surface area contributed by atoms with Crippen LogP contribution in [-0.2, 0) is 16.1 Å². The van der Waals surface area contributed by atoms with Crippen molar-refractivity contribution in [2.24, 2.45) is 0 Å². The van der Waals surface area contributed by atoms with Crippen LogP contribution >= 0.6 is 11.8 Å². The standard InChI is InChI=1S/C25H23N3O6S/c29-23(28-9-10-35-22(13-28)24(30)31)21-11-15(34-27-21)12-26-25(32)33-14-20-18-7-3-1-5-16(18)17-6-2-4-8-19(17)20/h1-8,11,20,22H,9-10,12-14H2,(H,26,32)(H,30,31). The summed E-state index contributed by atoms with van der Waals surface area (Å²) in [4.78, 5) is 37.7. The Labute approximate surface area is 205 Å². The number of alkyl carbamates (subject to hydrolysis) is 1. The highest BCUT2D eigenvalue weighted by Gasteiger charge is 2.31. The molecular formula is C25H23N3O6S. The number of carbonyl (C=O) groups is 3. The summed E-state index contributed by atoms with van der Waals surface area (Å²) in [6, 6.07) is 17.6. The summed E-state index contributed by atoms with van der Waals surface area (Å²) < 4.78 is 10.7. The molecule has 1 atom stereocenters. The Hall–Kier alpha value is -3.79. The maximum absolute atomic E-state index is 12.7. The number of amides is 2. The molecule has 2 heterocycles. The lowest BCUT2D eigenvalue weighted by Crippen LogP contribution is -2.44. The van der Waals surface area contributed by atoms with Gasteiger partial charge in [0.05, 0.1) is 6.54 Å². The van der Waals surface area contributed by atoms with Crippen molar-refractivity contribution in [2.75, 3.05) is 25.4 Å². The molecule has 2 N–H and O–H groups in total. The van der Waals surface area contributed by atoms with Crippen molar-refractivity contribution in [1.29, 1.82) is 0 Å². The van der Waals surface area contributed by atoms with E-state index in [0.717, 1.165) is 22.3 Å². The minimum atomic E-state index is -0.944. The van der Waals surface area contributed by atoms with Crippen molar-refractivity contribution in [2.45, 2.75) is 17.7 Å². The lowest BCUT2D eigenvalue weighted by molar-refractivity contribution is -0.136. The Bertz CT molecular complexity index is 1230. The van der Waals surface area contributed by atoms with E-state index in [4.69, 9.17) is 9.26 Å². The number of aliphatic carboxylic acids is 1. The largest absolute Gasteiger partial charge is 0.480 e. The van der Waals surface area contributed by atoms with Crippen molar-refractivity contribution in [3.8, 4) is 11.1 Å². The van der Waals surface area contributed by atoms with Crippen molar-refractivity contribution < 1.29 is 28.8 Å². The van der Waals surface area contributed by atoms with E-state index in [0.29, 0.717) is 18.1 Å². The molecule has 0 radical (unpaired) electrons. The molecule has 2 aromatic carbocycles. The number of ether oxygens (including phenoxy) is 1. The first-order valence-corrected chi connectivity index (χ1v) is 12.2. The van der Waals surface area contributed by atoms with Crippen LogP contribution in [0.4, 0.5) is 4.79 Å². The van der Waals surface area contributed by atoms with E-state index in [1.165, 1.54) is 22.7 Å². The smallest absolute Gasteiger partial charge is 0.407 e. The molecule has 10 heteroatoms. The Morgan fingerprint density at radius 1 is 1.11 bits per heavy atom. The molecular weight excluding hydrogens is 470 g/mol. The fourth-order valence-corrected chi connectivity index (χ4v) is 5.49. The third kappa shape index (κ3) is 4.74. The van der Waals surface area contributed by atoms with Gasteiger partial charge in [-0.2, -0.15) is 0 Å². The van der Waals surface area contributed by atoms with Gasteiger partial charge in [0.25, 0.3) is 5.91 Å². The van der Waals surface area contributed by atoms with Gasteiger partial charge in [0.2, 0.25) is 0 Å². The highest BCUT2D eigenvalue weighted by Crippen LogP contribution is 2.44. The van der Waals surface area contributed by atoms with Gasteiger partial charge in [0.15, 0.2) is 11.5 Å². The second-order valence-electron chi connectivity index (χ2n) is 8.31. The van der Waals surface area contributed by atoms with Gasteiger partial charge in [-0.25, -0.2) is 4.79 Å². The van der Waals surface area contributed by atoms with E-state index in [2.05, 4.69) is 22.6 Å². The van der Waals surface area contributed by atoms with Crippen LogP contribution in [0.15, 0.2) is 59.1 Å². The molecule has 9 nitrogen and oxygen atoms in total. The number of carbonyl (C=O) groups excluding carboxylic acids is 2. The lowest BCUT2D eigenvalue weighted by Gasteiger charge is -2.29. The Kier molecular flexibility index (Phi) is 6.45. The van der Waals surface area contributed by atoms with Gasteiger partial charge in [-0.15, -0.1) is 11.8 Å². The molecule has 2 amide bonds. The van der Waals surface area contributed by atoms with Crippen molar-refractivity contribution in [3.05, 3.63) is 77.2 Å². The Morgan fingerprint density at radius 3 is 2.49 bits per heavy atom. The summed E-state index contributed by atoms with van der Waals surface area (Å²) in [5.41, 5.74) is 4.63. The van der Waals surface area contributed by atoms with Gasteiger partial charge in [-0.1, -0.05) is 53.7 Å². The zero-order valence-electron chi connectivity index (χ0n) is 18.7. The van der Waals surface area contributed by atoms with E-state index < -0.39 is 23.2 Å². The van der Waals surface area contributed by atoms with Gasteiger partial charge >= 0.3 is 12.1 Å². The van der Waals surface area contributed by atoms with Crippen LogP contribution in [0, 0.1) is 0 Å². The van der Waals surface area contributed by atoms with Crippen LogP contribution in [-0.4, -0.2) is 63.8 Å². The number of rotatable bonds is 6. The van der Waals surface area contributed by atoms with Gasteiger partial charge in [-0.3, -0.25) is 9.59 Å². The minimum Gasteiger partial charge on any atom is -0.480 e. The molecule has 1 saturated heterocycles. The fourth-order valence-electron chi connectivity index (χ4n) is 4.45. The molecule has 35 heavy (non-hydrogen) atoms. The predicted molar refractivity (Wildman–Crippen MR) is 128 cm³/mol. The number of nitrogens with one attached hydrogen (secondary N) is 1. The SMILES string of the molecule is O=C(NCc1cc(C(=O)N2CCSC(C(=O)O)C2)no1)OCC1c2ccccc2-c2ccccc21. The third-order valence-corrected chi connectivity index (χ3v) is 7.33. The molecule has 0 spiro atoms. The predicted octanol–water partition coefficient (Wildman–Crippen LogP) is 3.36. The summed E-state index contributed by atoms with van der Waals surface area (Å²) >= 11 is 1.31. The summed E-state index contributed by atoms with van der Waals surface area (Å²) in [6.45, 7) is 0.745. The van der Waals surface area contributed by atoms with Crippen LogP contribution < -0.4 is 5.32 Å². The van der Waals surface area contributed by atoms with Gasteiger partial charge in [-0.05, 0) is 22.3 Å². The maximum Gasteiger partial charge on any atom is 0.407 e. The molecule has 1 aliphatic heterocycles. The topological polar surface area (TPSA) is 122 Å². The monoisotopic (exact) mass is 493 g/mol. The minimum absolute atomic E-state index is 0.00452. The number of carboxylic acid groups (broad SMARTS) is 1. The fraction of sp³-hybridized carbons (Fsp3) is 0.280. The highest BCUT2D eigenvalue weighted by atomic mass is 32.2. The molecule has 180 valence electrons. The van der Waals surface area contributed by atoms with Crippen LogP contribution in [0.2, 0.25) is 0 Å². The van der Waals surface area contributed by atoms with Crippen LogP contribution in [0.3, 0.4) is 0 Å². The van der Waals surface area contributed by atoms with Crippen molar-refractivity contribution >= 4 is 29.7 Å². The summed E-state index contributed by atoms with van der Waals surface area (Å²) in [7, 11) is 0. The van der Waals surface area contributed by atoms with Gasteiger partial charge in [0, 0.05) is 30.8 Å².